The quantitative estimate of drug-likeness (QED) is 0.632. The van der Waals surface area contributed by atoms with Crippen LogP contribution in [0.5, 0.6) is 0 Å². The Morgan fingerprint density at radius 1 is 1.23 bits per heavy atom. The maximum atomic E-state index is 12.4. The molecule has 138 valence electrons. The smallest absolute Gasteiger partial charge is 0.251 e. The molecule has 1 aromatic carbocycles. The van der Waals surface area contributed by atoms with Crippen LogP contribution in [0.4, 0.5) is 0 Å². The molecule has 0 saturated heterocycles. The number of thiazole rings is 1. The number of ether oxygens (including phenoxy) is 1. The minimum Gasteiger partial charge on any atom is -0.379 e. The van der Waals surface area contributed by atoms with E-state index in [0.29, 0.717) is 18.7 Å². The van der Waals surface area contributed by atoms with Crippen LogP contribution in [0.3, 0.4) is 0 Å². The molecule has 2 aromatic heterocycles. The van der Waals surface area contributed by atoms with E-state index >= 15 is 0 Å². The fourth-order valence-electron chi connectivity index (χ4n) is 2.81. The number of amides is 1. The largest absolute Gasteiger partial charge is 0.379 e. The van der Waals surface area contributed by atoms with Crippen molar-refractivity contribution in [2.24, 2.45) is 0 Å². The van der Waals surface area contributed by atoms with Gasteiger partial charge in [-0.25, -0.2) is 4.98 Å². The zero-order valence-corrected chi connectivity index (χ0v) is 16.5. The first-order valence-electron chi connectivity index (χ1n) is 8.91. The average Bonchev–Trinajstić information content (AvgIpc) is 3.15. The van der Waals surface area contributed by atoms with E-state index in [0.717, 1.165) is 33.2 Å². The molecule has 0 bridgehead atoms. The lowest BCUT2D eigenvalue weighted by atomic mass is 10.2. The molecule has 0 aliphatic heterocycles. The Labute approximate surface area is 158 Å². The number of rotatable bonds is 7. The van der Waals surface area contributed by atoms with Gasteiger partial charge < -0.3 is 10.1 Å². The SMILES string of the molecule is Cc1ccc(C)n1-c1nc2ccc(C(=O)NCCCOC(C)C)cc2s1. The van der Waals surface area contributed by atoms with Crippen LogP contribution in [-0.2, 0) is 4.74 Å². The highest BCUT2D eigenvalue weighted by atomic mass is 32.1. The number of hydrogen-bond donors (Lipinski definition) is 1. The fourth-order valence-corrected chi connectivity index (χ4v) is 3.94. The maximum absolute atomic E-state index is 12.4. The van der Waals surface area contributed by atoms with E-state index in [1.54, 1.807) is 11.3 Å². The summed E-state index contributed by atoms with van der Waals surface area (Å²) in [4.78, 5) is 17.1. The van der Waals surface area contributed by atoms with Gasteiger partial charge in [0.1, 0.15) is 0 Å². The van der Waals surface area contributed by atoms with Gasteiger partial charge in [0.2, 0.25) is 0 Å². The predicted molar refractivity (Wildman–Crippen MR) is 106 cm³/mol. The second-order valence-electron chi connectivity index (χ2n) is 6.66. The van der Waals surface area contributed by atoms with Crippen molar-refractivity contribution in [2.75, 3.05) is 13.2 Å². The number of carbonyl (C=O) groups is 1. The lowest BCUT2D eigenvalue weighted by molar-refractivity contribution is 0.0757. The summed E-state index contributed by atoms with van der Waals surface area (Å²) in [6.07, 6.45) is 1.03. The van der Waals surface area contributed by atoms with Crippen LogP contribution in [0.15, 0.2) is 30.3 Å². The van der Waals surface area contributed by atoms with Gasteiger partial charge in [0, 0.05) is 30.1 Å². The molecule has 1 amide bonds. The summed E-state index contributed by atoms with van der Waals surface area (Å²) in [6.45, 7) is 9.42. The first-order valence-corrected chi connectivity index (χ1v) is 9.73. The second-order valence-corrected chi connectivity index (χ2v) is 7.67. The minimum absolute atomic E-state index is 0.0558. The van der Waals surface area contributed by atoms with E-state index in [1.165, 1.54) is 0 Å². The van der Waals surface area contributed by atoms with Crippen LogP contribution in [0.2, 0.25) is 0 Å². The summed E-state index contributed by atoms with van der Waals surface area (Å²) >= 11 is 1.60. The molecule has 3 aromatic rings. The fraction of sp³-hybridized carbons (Fsp3) is 0.400. The van der Waals surface area contributed by atoms with E-state index in [2.05, 4.69) is 35.9 Å². The number of aryl methyl sites for hydroxylation is 2. The molecule has 2 heterocycles. The maximum Gasteiger partial charge on any atom is 0.251 e. The number of benzene rings is 1. The monoisotopic (exact) mass is 371 g/mol. The van der Waals surface area contributed by atoms with Gasteiger partial charge in [-0.3, -0.25) is 9.36 Å². The van der Waals surface area contributed by atoms with Crippen LogP contribution >= 0.6 is 11.3 Å². The van der Waals surface area contributed by atoms with Crippen LogP contribution < -0.4 is 5.32 Å². The number of carbonyl (C=O) groups excluding carboxylic acids is 1. The van der Waals surface area contributed by atoms with Crippen molar-refractivity contribution in [3.63, 3.8) is 0 Å². The van der Waals surface area contributed by atoms with Gasteiger partial charge in [-0.2, -0.15) is 0 Å². The first-order chi connectivity index (χ1) is 12.5. The zero-order chi connectivity index (χ0) is 18.7. The summed E-state index contributed by atoms with van der Waals surface area (Å²) in [6, 6.07) is 9.85. The molecule has 0 atom stereocenters. The average molecular weight is 372 g/mol. The van der Waals surface area contributed by atoms with Crippen molar-refractivity contribution in [3.05, 3.63) is 47.3 Å². The van der Waals surface area contributed by atoms with Crippen molar-refractivity contribution in [1.82, 2.24) is 14.9 Å². The highest BCUT2D eigenvalue weighted by Crippen LogP contribution is 2.28. The number of nitrogens with one attached hydrogen (secondary N) is 1. The zero-order valence-electron chi connectivity index (χ0n) is 15.7. The molecule has 0 unspecified atom stereocenters. The van der Waals surface area contributed by atoms with Gasteiger partial charge in [-0.1, -0.05) is 11.3 Å². The summed E-state index contributed by atoms with van der Waals surface area (Å²) in [5.41, 5.74) is 3.89. The third kappa shape index (κ3) is 4.14. The first kappa shape index (κ1) is 18.6. The molecule has 0 spiro atoms. The van der Waals surface area contributed by atoms with Gasteiger partial charge in [0.25, 0.3) is 5.91 Å². The summed E-state index contributed by atoms with van der Waals surface area (Å²) in [7, 11) is 0. The van der Waals surface area contributed by atoms with Crippen molar-refractivity contribution in [2.45, 2.75) is 40.2 Å². The Kier molecular flexibility index (Phi) is 5.74. The Morgan fingerprint density at radius 2 is 1.96 bits per heavy atom. The van der Waals surface area contributed by atoms with Crippen LogP contribution in [0.25, 0.3) is 15.3 Å². The summed E-state index contributed by atoms with van der Waals surface area (Å²) in [5.74, 6) is -0.0558. The molecule has 0 radical (unpaired) electrons. The number of aromatic nitrogens is 2. The highest BCUT2D eigenvalue weighted by molar-refractivity contribution is 7.20. The topological polar surface area (TPSA) is 56.2 Å². The van der Waals surface area contributed by atoms with Crippen molar-refractivity contribution >= 4 is 27.5 Å². The molecule has 0 fully saturated rings. The molecular weight excluding hydrogens is 346 g/mol. The van der Waals surface area contributed by atoms with Gasteiger partial charge >= 0.3 is 0 Å². The van der Waals surface area contributed by atoms with Crippen LogP contribution in [0, 0.1) is 13.8 Å². The van der Waals surface area contributed by atoms with Gasteiger partial charge in [0.05, 0.1) is 16.3 Å². The third-order valence-corrected chi connectivity index (χ3v) is 5.16. The molecular formula is C20H25N3O2S. The van der Waals surface area contributed by atoms with Crippen molar-refractivity contribution in [3.8, 4) is 5.13 Å². The van der Waals surface area contributed by atoms with E-state index in [4.69, 9.17) is 9.72 Å². The molecule has 1 N–H and O–H groups in total. The van der Waals surface area contributed by atoms with E-state index < -0.39 is 0 Å². The molecule has 5 nitrogen and oxygen atoms in total. The Balaban J connectivity index is 1.70. The Morgan fingerprint density at radius 3 is 2.65 bits per heavy atom. The number of hydrogen-bond acceptors (Lipinski definition) is 4. The van der Waals surface area contributed by atoms with Gasteiger partial charge in [0.15, 0.2) is 5.13 Å². The molecule has 0 aliphatic rings. The van der Waals surface area contributed by atoms with E-state index in [-0.39, 0.29) is 12.0 Å². The van der Waals surface area contributed by atoms with Gasteiger partial charge in [-0.15, -0.1) is 0 Å². The van der Waals surface area contributed by atoms with E-state index in [9.17, 15) is 4.79 Å². The molecule has 26 heavy (non-hydrogen) atoms. The number of fused-ring (bicyclic) bond motifs is 1. The Bertz CT molecular complexity index is 892. The van der Waals surface area contributed by atoms with Gasteiger partial charge in [-0.05, 0) is 64.4 Å². The lowest BCUT2D eigenvalue weighted by Gasteiger charge is -2.08. The highest BCUT2D eigenvalue weighted by Gasteiger charge is 2.12. The molecule has 6 heteroatoms. The predicted octanol–water partition coefficient (Wildman–Crippen LogP) is 4.25. The Hall–Kier alpha value is -2.18. The normalized spacial score (nSPS) is 11.4. The second kappa shape index (κ2) is 8.01. The molecule has 0 saturated carbocycles. The third-order valence-electron chi connectivity index (χ3n) is 4.16. The number of nitrogens with zero attached hydrogens (tertiary/aromatic N) is 2. The lowest BCUT2D eigenvalue weighted by Crippen LogP contribution is -2.25. The van der Waals surface area contributed by atoms with Crippen molar-refractivity contribution in [1.29, 1.82) is 0 Å². The van der Waals surface area contributed by atoms with Crippen molar-refractivity contribution < 1.29 is 9.53 Å². The standard InChI is InChI=1S/C20H25N3O2S/c1-13(2)25-11-5-10-21-19(24)16-8-9-17-18(12-16)26-20(22-17)23-14(3)6-7-15(23)4/h6-9,12-13H,5,10-11H2,1-4H3,(H,21,24). The van der Waals surface area contributed by atoms with Crippen LogP contribution in [0.1, 0.15) is 42.0 Å². The summed E-state index contributed by atoms with van der Waals surface area (Å²) < 4.78 is 8.64. The summed E-state index contributed by atoms with van der Waals surface area (Å²) in [5, 5.41) is 3.88. The molecule has 0 aliphatic carbocycles. The minimum atomic E-state index is -0.0558. The van der Waals surface area contributed by atoms with E-state index in [1.807, 2.05) is 32.0 Å². The van der Waals surface area contributed by atoms with Crippen LogP contribution in [-0.4, -0.2) is 34.7 Å². The molecule has 3 rings (SSSR count).